The third kappa shape index (κ3) is 1.84. The molecule has 1 saturated carbocycles. The Balaban J connectivity index is 2.20. The van der Waals surface area contributed by atoms with Crippen molar-refractivity contribution in [2.45, 2.75) is 77.9 Å². The summed E-state index contributed by atoms with van der Waals surface area (Å²) in [5.41, 5.74) is 0.741. The second kappa shape index (κ2) is 3.76. The number of hydrogen-bond acceptors (Lipinski definition) is 1. The summed E-state index contributed by atoms with van der Waals surface area (Å²) in [5, 5.41) is 0. The van der Waals surface area contributed by atoms with E-state index in [9.17, 15) is 0 Å². The molecule has 3 rings (SSSR count). The molecule has 88 valence electrons. The van der Waals surface area contributed by atoms with Gasteiger partial charge in [0.15, 0.2) is 0 Å². The van der Waals surface area contributed by atoms with Gasteiger partial charge in [0.1, 0.15) is 0 Å². The zero-order valence-corrected chi connectivity index (χ0v) is 10.8. The van der Waals surface area contributed by atoms with Crippen LogP contribution in [0.5, 0.6) is 0 Å². The molecule has 4 unspecified atom stereocenters. The molecular formula is C14H26O. The standard InChI is InChI=1S/C14H26O/c1-5-7-12-11-8-9-14(4,15-12)10-13(11,3)6-2/h11-12H,5-10H2,1-4H3. The first-order chi connectivity index (χ1) is 7.03. The van der Waals surface area contributed by atoms with Crippen LogP contribution in [-0.2, 0) is 4.74 Å². The van der Waals surface area contributed by atoms with Crippen molar-refractivity contribution in [1.29, 1.82) is 0 Å². The topological polar surface area (TPSA) is 9.23 Å². The lowest BCUT2D eigenvalue weighted by Gasteiger charge is -2.58. The average molecular weight is 210 g/mol. The molecule has 0 spiro atoms. The second-order valence-corrected chi connectivity index (χ2v) is 6.22. The summed E-state index contributed by atoms with van der Waals surface area (Å²) in [6, 6.07) is 0. The van der Waals surface area contributed by atoms with E-state index in [1.165, 1.54) is 38.5 Å². The molecule has 0 radical (unpaired) electrons. The zero-order valence-electron chi connectivity index (χ0n) is 10.8. The number of ether oxygens (including phenoxy) is 1. The van der Waals surface area contributed by atoms with Gasteiger partial charge < -0.3 is 4.74 Å². The van der Waals surface area contributed by atoms with Gasteiger partial charge in [0.25, 0.3) is 0 Å². The van der Waals surface area contributed by atoms with Gasteiger partial charge in [0, 0.05) is 0 Å². The molecule has 3 fully saturated rings. The molecule has 0 aromatic heterocycles. The first kappa shape index (κ1) is 11.4. The number of fused-ring (bicyclic) bond motifs is 3. The monoisotopic (exact) mass is 210 g/mol. The summed E-state index contributed by atoms with van der Waals surface area (Å²) >= 11 is 0. The molecule has 2 heterocycles. The van der Waals surface area contributed by atoms with Gasteiger partial charge in [-0.05, 0) is 43.9 Å². The normalized spacial score (nSPS) is 49.6. The van der Waals surface area contributed by atoms with E-state index in [2.05, 4.69) is 27.7 Å². The Labute approximate surface area is 94.6 Å². The molecule has 2 bridgehead atoms. The molecule has 0 aromatic carbocycles. The van der Waals surface area contributed by atoms with Gasteiger partial charge in [-0.15, -0.1) is 0 Å². The van der Waals surface area contributed by atoms with E-state index in [4.69, 9.17) is 4.74 Å². The van der Waals surface area contributed by atoms with Gasteiger partial charge in [-0.3, -0.25) is 0 Å². The van der Waals surface area contributed by atoms with Crippen LogP contribution in [0.2, 0.25) is 0 Å². The lowest BCUT2D eigenvalue weighted by atomic mass is 9.57. The average Bonchev–Trinajstić information content (AvgIpc) is 2.17. The van der Waals surface area contributed by atoms with Crippen LogP contribution in [0.25, 0.3) is 0 Å². The first-order valence-corrected chi connectivity index (χ1v) is 6.71. The predicted molar refractivity (Wildman–Crippen MR) is 63.9 cm³/mol. The van der Waals surface area contributed by atoms with Gasteiger partial charge in [-0.25, -0.2) is 0 Å². The number of rotatable bonds is 3. The largest absolute Gasteiger partial charge is 0.372 e. The maximum Gasteiger partial charge on any atom is 0.0663 e. The van der Waals surface area contributed by atoms with Crippen LogP contribution < -0.4 is 0 Å². The van der Waals surface area contributed by atoms with E-state index in [0.29, 0.717) is 11.5 Å². The van der Waals surface area contributed by atoms with E-state index < -0.39 is 0 Å². The Bertz CT molecular complexity index is 237. The van der Waals surface area contributed by atoms with Crippen LogP contribution in [0.3, 0.4) is 0 Å². The molecule has 2 aliphatic heterocycles. The van der Waals surface area contributed by atoms with Crippen LogP contribution in [0.15, 0.2) is 0 Å². The Morgan fingerprint density at radius 1 is 1.27 bits per heavy atom. The second-order valence-electron chi connectivity index (χ2n) is 6.22. The highest BCUT2D eigenvalue weighted by Gasteiger charge is 2.53. The Morgan fingerprint density at radius 3 is 2.53 bits per heavy atom. The van der Waals surface area contributed by atoms with E-state index in [1.807, 2.05) is 0 Å². The molecule has 3 aliphatic rings. The summed E-state index contributed by atoms with van der Waals surface area (Å²) in [6.07, 6.45) is 8.34. The molecule has 0 N–H and O–H groups in total. The van der Waals surface area contributed by atoms with Crippen molar-refractivity contribution in [3.05, 3.63) is 0 Å². The SMILES string of the molecule is CCCC1OC2(C)CCC1C(C)(CC)C2. The molecule has 15 heavy (non-hydrogen) atoms. The summed E-state index contributed by atoms with van der Waals surface area (Å²) in [5.74, 6) is 0.823. The lowest BCUT2D eigenvalue weighted by molar-refractivity contribution is -0.235. The van der Waals surface area contributed by atoms with Crippen molar-refractivity contribution in [2.24, 2.45) is 11.3 Å². The van der Waals surface area contributed by atoms with Crippen molar-refractivity contribution in [2.75, 3.05) is 0 Å². The molecule has 1 aliphatic carbocycles. The maximum atomic E-state index is 6.31. The Morgan fingerprint density at radius 2 is 2.00 bits per heavy atom. The lowest BCUT2D eigenvalue weighted by Crippen LogP contribution is -2.57. The van der Waals surface area contributed by atoms with Crippen molar-refractivity contribution >= 4 is 0 Å². The molecular weight excluding hydrogens is 184 g/mol. The van der Waals surface area contributed by atoms with Crippen LogP contribution in [0.1, 0.15) is 66.2 Å². The Kier molecular flexibility index (Phi) is 2.87. The van der Waals surface area contributed by atoms with Crippen LogP contribution in [0, 0.1) is 11.3 Å². The van der Waals surface area contributed by atoms with Gasteiger partial charge in [-0.2, -0.15) is 0 Å². The van der Waals surface area contributed by atoms with Gasteiger partial charge in [0.2, 0.25) is 0 Å². The first-order valence-electron chi connectivity index (χ1n) is 6.71. The van der Waals surface area contributed by atoms with Gasteiger partial charge >= 0.3 is 0 Å². The van der Waals surface area contributed by atoms with Crippen molar-refractivity contribution in [1.82, 2.24) is 0 Å². The molecule has 0 aromatic rings. The van der Waals surface area contributed by atoms with E-state index in [-0.39, 0.29) is 5.60 Å². The van der Waals surface area contributed by atoms with Crippen molar-refractivity contribution in [3.8, 4) is 0 Å². The van der Waals surface area contributed by atoms with Crippen LogP contribution in [0.4, 0.5) is 0 Å². The molecule has 0 amide bonds. The third-order valence-corrected chi connectivity index (χ3v) is 4.92. The molecule has 1 nitrogen and oxygen atoms in total. The van der Waals surface area contributed by atoms with E-state index in [0.717, 1.165) is 5.92 Å². The fourth-order valence-electron chi connectivity index (χ4n) is 4.00. The van der Waals surface area contributed by atoms with E-state index >= 15 is 0 Å². The minimum Gasteiger partial charge on any atom is -0.372 e. The highest BCUT2D eigenvalue weighted by Crippen LogP contribution is 2.56. The fourth-order valence-corrected chi connectivity index (χ4v) is 4.00. The molecule has 4 atom stereocenters. The Hall–Kier alpha value is -0.0400. The quantitative estimate of drug-likeness (QED) is 0.679. The van der Waals surface area contributed by atoms with Gasteiger partial charge in [-0.1, -0.05) is 33.6 Å². The van der Waals surface area contributed by atoms with E-state index in [1.54, 1.807) is 0 Å². The smallest absolute Gasteiger partial charge is 0.0663 e. The summed E-state index contributed by atoms with van der Waals surface area (Å²) in [6.45, 7) is 9.45. The van der Waals surface area contributed by atoms with Crippen molar-refractivity contribution in [3.63, 3.8) is 0 Å². The van der Waals surface area contributed by atoms with Crippen LogP contribution in [-0.4, -0.2) is 11.7 Å². The maximum absolute atomic E-state index is 6.31. The highest BCUT2D eigenvalue weighted by molar-refractivity contribution is 5.03. The summed E-state index contributed by atoms with van der Waals surface area (Å²) in [7, 11) is 0. The number of hydrogen-bond donors (Lipinski definition) is 0. The predicted octanol–water partition coefficient (Wildman–Crippen LogP) is 4.16. The minimum atomic E-state index is 0.194. The summed E-state index contributed by atoms with van der Waals surface area (Å²) in [4.78, 5) is 0. The third-order valence-electron chi connectivity index (χ3n) is 4.92. The molecule has 2 saturated heterocycles. The van der Waals surface area contributed by atoms with Crippen molar-refractivity contribution < 1.29 is 4.74 Å². The zero-order chi connectivity index (χ0) is 11.1. The molecule has 1 heteroatoms. The highest BCUT2D eigenvalue weighted by atomic mass is 16.5. The summed E-state index contributed by atoms with van der Waals surface area (Å²) < 4.78 is 6.31. The van der Waals surface area contributed by atoms with Crippen LogP contribution >= 0.6 is 0 Å². The fraction of sp³-hybridized carbons (Fsp3) is 1.00. The minimum absolute atomic E-state index is 0.194. The van der Waals surface area contributed by atoms with Gasteiger partial charge in [0.05, 0.1) is 11.7 Å².